The minimum Gasteiger partial charge on any atom is -0.481 e. The van der Waals surface area contributed by atoms with Crippen molar-refractivity contribution >= 4 is 17.7 Å². The topological polar surface area (TPSA) is 83.5 Å². The van der Waals surface area contributed by atoms with Crippen molar-refractivity contribution in [1.82, 2.24) is 5.32 Å². The average Bonchev–Trinajstić information content (AvgIpc) is 1.96. The number of ketones is 1. The fraction of sp³-hybridized carbons (Fsp3) is 0.625. The Bertz CT molecular complexity index is 224. The number of carbonyl (C=O) groups excluding carboxylic acids is 2. The Balaban J connectivity index is 4.02. The van der Waals surface area contributed by atoms with Gasteiger partial charge in [0.1, 0.15) is 0 Å². The molecule has 1 amide bonds. The van der Waals surface area contributed by atoms with Gasteiger partial charge in [0.15, 0.2) is 5.78 Å². The quantitative estimate of drug-likeness (QED) is 0.631. The van der Waals surface area contributed by atoms with Crippen LogP contribution in [0, 0.1) is 0 Å². The molecule has 1 atom stereocenters. The summed E-state index contributed by atoms with van der Waals surface area (Å²) in [5.41, 5.74) is 0. The van der Waals surface area contributed by atoms with Crippen molar-refractivity contribution < 1.29 is 19.5 Å². The van der Waals surface area contributed by atoms with Crippen LogP contribution in [-0.4, -0.2) is 28.8 Å². The molecule has 0 aliphatic heterocycles. The minimum atomic E-state index is -0.975. The van der Waals surface area contributed by atoms with Gasteiger partial charge in [0.2, 0.25) is 5.91 Å². The van der Waals surface area contributed by atoms with Crippen molar-refractivity contribution in [3.8, 4) is 0 Å². The molecule has 0 aromatic rings. The van der Waals surface area contributed by atoms with Gasteiger partial charge in [0.25, 0.3) is 0 Å². The fourth-order valence-corrected chi connectivity index (χ4v) is 0.890. The molecule has 1 unspecified atom stereocenters. The zero-order chi connectivity index (χ0) is 10.4. The Kier molecular flexibility index (Phi) is 4.72. The maximum absolute atomic E-state index is 10.9. The van der Waals surface area contributed by atoms with Crippen LogP contribution in [0.2, 0.25) is 0 Å². The number of hydrogen-bond acceptors (Lipinski definition) is 3. The van der Waals surface area contributed by atoms with E-state index < -0.39 is 12.0 Å². The van der Waals surface area contributed by atoms with Gasteiger partial charge in [-0.1, -0.05) is 0 Å². The second kappa shape index (κ2) is 5.29. The molecular weight excluding hydrogens is 174 g/mol. The molecule has 0 saturated carbocycles. The predicted octanol–water partition coefficient (Wildman–Crippen LogP) is -0.0551. The summed E-state index contributed by atoms with van der Waals surface area (Å²) in [6.07, 6.45) is 0.0226. The van der Waals surface area contributed by atoms with E-state index in [0.29, 0.717) is 0 Å². The first-order valence-electron chi connectivity index (χ1n) is 3.93. The van der Waals surface area contributed by atoms with Crippen LogP contribution in [0.25, 0.3) is 0 Å². The van der Waals surface area contributed by atoms with E-state index in [9.17, 15) is 14.4 Å². The lowest BCUT2D eigenvalue weighted by Crippen LogP contribution is -2.38. The van der Waals surface area contributed by atoms with E-state index in [1.54, 1.807) is 0 Å². The van der Waals surface area contributed by atoms with Crippen LogP contribution in [0.15, 0.2) is 0 Å². The minimum absolute atomic E-state index is 0.121. The first kappa shape index (κ1) is 11.6. The maximum atomic E-state index is 10.9. The van der Waals surface area contributed by atoms with Crippen molar-refractivity contribution in [2.75, 3.05) is 0 Å². The molecule has 0 bridgehead atoms. The van der Waals surface area contributed by atoms with Crippen molar-refractivity contribution in [3.05, 3.63) is 0 Å². The summed E-state index contributed by atoms with van der Waals surface area (Å²) < 4.78 is 0. The van der Waals surface area contributed by atoms with Crippen molar-refractivity contribution in [2.24, 2.45) is 0 Å². The van der Waals surface area contributed by atoms with Crippen LogP contribution in [-0.2, 0) is 14.4 Å². The Morgan fingerprint density at radius 2 is 1.85 bits per heavy atom. The van der Waals surface area contributed by atoms with Crippen LogP contribution in [0.3, 0.4) is 0 Å². The maximum Gasteiger partial charge on any atom is 0.303 e. The summed E-state index contributed by atoms with van der Waals surface area (Å²) in [5, 5.41) is 10.7. The fourth-order valence-electron chi connectivity index (χ4n) is 0.890. The number of amides is 1. The van der Waals surface area contributed by atoms with Crippen LogP contribution in [0.4, 0.5) is 0 Å². The molecule has 0 aromatic carbocycles. The molecule has 0 fully saturated rings. The highest BCUT2D eigenvalue weighted by atomic mass is 16.4. The summed E-state index contributed by atoms with van der Waals surface area (Å²) in [4.78, 5) is 31.7. The van der Waals surface area contributed by atoms with Gasteiger partial charge in [-0.15, -0.1) is 0 Å². The Hall–Kier alpha value is -1.39. The largest absolute Gasteiger partial charge is 0.481 e. The smallest absolute Gasteiger partial charge is 0.303 e. The third-order valence-corrected chi connectivity index (χ3v) is 1.52. The van der Waals surface area contributed by atoms with Gasteiger partial charge >= 0.3 is 5.97 Å². The van der Waals surface area contributed by atoms with Gasteiger partial charge in [-0.05, 0) is 13.3 Å². The molecule has 13 heavy (non-hydrogen) atoms. The monoisotopic (exact) mass is 187 g/mol. The standard InChI is InChI=1S/C8H13NO4/c1-5(10)7(9-6(2)11)3-4-8(12)13/h7H,3-4H2,1-2H3,(H,9,11)(H,12,13). The number of carboxylic acid groups (broad SMARTS) is 1. The van der Waals surface area contributed by atoms with Crippen molar-refractivity contribution in [1.29, 1.82) is 0 Å². The average molecular weight is 187 g/mol. The molecule has 2 N–H and O–H groups in total. The Morgan fingerprint density at radius 1 is 1.31 bits per heavy atom. The highest BCUT2D eigenvalue weighted by Gasteiger charge is 2.15. The summed E-state index contributed by atoms with van der Waals surface area (Å²) in [6, 6.07) is -0.673. The van der Waals surface area contributed by atoms with Gasteiger partial charge in [0.05, 0.1) is 6.04 Å². The normalized spacial score (nSPS) is 11.8. The summed E-state index contributed by atoms with van der Waals surface area (Å²) in [7, 11) is 0. The van der Waals surface area contributed by atoms with Crippen molar-refractivity contribution in [2.45, 2.75) is 32.7 Å². The van der Waals surface area contributed by atoms with E-state index in [1.165, 1.54) is 13.8 Å². The number of aliphatic carboxylic acids is 1. The highest BCUT2D eigenvalue weighted by Crippen LogP contribution is 1.98. The van der Waals surface area contributed by atoms with Crippen molar-refractivity contribution in [3.63, 3.8) is 0 Å². The number of carbonyl (C=O) groups is 3. The number of nitrogens with one attached hydrogen (secondary N) is 1. The molecule has 0 rings (SSSR count). The molecular formula is C8H13NO4. The van der Waals surface area contributed by atoms with Crippen LogP contribution < -0.4 is 5.32 Å². The number of rotatable bonds is 5. The molecule has 74 valence electrons. The SMILES string of the molecule is CC(=O)NC(CCC(=O)O)C(C)=O. The zero-order valence-corrected chi connectivity index (χ0v) is 7.66. The van der Waals surface area contributed by atoms with E-state index >= 15 is 0 Å². The Morgan fingerprint density at radius 3 is 2.15 bits per heavy atom. The van der Waals surface area contributed by atoms with Gasteiger partial charge in [-0.3, -0.25) is 14.4 Å². The number of carboxylic acids is 1. The third-order valence-electron chi connectivity index (χ3n) is 1.52. The lowest BCUT2D eigenvalue weighted by atomic mass is 10.1. The summed E-state index contributed by atoms with van der Waals surface area (Å²) >= 11 is 0. The first-order chi connectivity index (χ1) is 5.93. The molecule has 0 radical (unpaired) electrons. The van der Waals surface area contributed by atoms with E-state index in [-0.39, 0.29) is 24.5 Å². The Labute approximate surface area is 76.1 Å². The van der Waals surface area contributed by atoms with E-state index in [4.69, 9.17) is 5.11 Å². The van der Waals surface area contributed by atoms with Gasteiger partial charge in [-0.2, -0.15) is 0 Å². The molecule has 0 heterocycles. The predicted molar refractivity (Wildman–Crippen MR) is 45.2 cm³/mol. The second-order valence-corrected chi connectivity index (χ2v) is 2.80. The van der Waals surface area contributed by atoms with Gasteiger partial charge in [-0.25, -0.2) is 0 Å². The lowest BCUT2D eigenvalue weighted by molar-refractivity contribution is -0.137. The number of hydrogen-bond donors (Lipinski definition) is 2. The van der Waals surface area contributed by atoms with Crippen LogP contribution in [0.1, 0.15) is 26.7 Å². The van der Waals surface area contributed by atoms with E-state index in [2.05, 4.69) is 5.32 Å². The second-order valence-electron chi connectivity index (χ2n) is 2.80. The van der Waals surface area contributed by atoms with Gasteiger partial charge in [0, 0.05) is 13.3 Å². The highest BCUT2D eigenvalue weighted by molar-refractivity contribution is 5.87. The third kappa shape index (κ3) is 5.84. The zero-order valence-electron chi connectivity index (χ0n) is 7.66. The molecule has 0 aromatic heterocycles. The molecule has 5 nitrogen and oxygen atoms in total. The summed E-state index contributed by atoms with van der Waals surface area (Å²) in [6.45, 7) is 2.61. The van der Waals surface area contributed by atoms with Gasteiger partial charge < -0.3 is 10.4 Å². The molecule has 0 aliphatic carbocycles. The van der Waals surface area contributed by atoms with E-state index in [0.717, 1.165) is 0 Å². The lowest BCUT2D eigenvalue weighted by Gasteiger charge is -2.12. The molecule has 0 aliphatic rings. The number of Topliss-reactive ketones (excluding diaryl/α,β-unsaturated/α-hetero) is 1. The van der Waals surface area contributed by atoms with Crippen LogP contribution >= 0.6 is 0 Å². The molecule has 0 spiro atoms. The first-order valence-corrected chi connectivity index (χ1v) is 3.93. The van der Waals surface area contributed by atoms with Crippen LogP contribution in [0.5, 0.6) is 0 Å². The summed E-state index contributed by atoms with van der Waals surface area (Å²) in [5.74, 6) is -1.53. The molecule has 5 heteroatoms. The van der Waals surface area contributed by atoms with E-state index in [1.807, 2.05) is 0 Å². The molecule has 0 saturated heterocycles.